The van der Waals surface area contributed by atoms with Crippen LogP contribution in [0.2, 0.25) is 0 Å². The Bertz CT molecular complexity index is 501. The zero-order valence-electron chi connectivity index (χ0n) is 13.3. The molecule has 0 saturated heterocycles. The zero-order valence-corrected chi connectivity index (χ0v) is 13.3. The first kappa shape index (κ1) is 16.6. The van der Waals surface area contributed by atoms with E-state index < -0.39 is 5.82 Å². The number of likely N-dealkylation sites (N-methyl/N-ethyl adjacent to an activating group) is 1. The lowest BCUT2D eigenvalue weighted by Crippen LogP contribution is -2.43. The highest BCUT2D eigenvalue weighted by atomic mass is 19.1. The van der Waals surface area contributed by atoms with E-state index in [9.17, 15) is 9.18 Å². The van der Waals surface area contributed by atoms with E-state index in [1.165, 1.54) is 38.5 Å². The molecule has 1 aliphatic carbocycles. The highest BCUT2D eigenvalue weighted by Gasteiger charge is 2.24. The summed E-state index contributed by atoms with van der Waals surface area (Å²) in [6, 6.07) is 4.66. The van der Waals surface area contributed by atoms with Crippen molar-refractivity contribution in [2.45, 2.75) is 45.1 Å². The molecule has 2 rings (SSSR count). The van der Waals surface area contributed by atoms with Crippen LogP contribution in [-0.2, 0) is 4.79 Å². The third-order valence-corrected chi connectivity index (χ3v) is 4.16. The van der Waals surface area contributed by atoms with E-state index in [0.717, 1.165) is 12.8 Å². The number of amides is 1. The maximum absolute atomic E-state index is 13.6. The fraction of sp³-hybridized carbons (Fsp3) is 0.588. The van der Waals surface area contributed by atoms with Crippen molar-refractivity contribution in [2.75, 3.05) is 20.3 Å². The fourth-order valence-corrected chi connectivity index (χ4v) is 3.00. The van der Waals surface area contributed by atoms with Crippen molar-refractivity contribution in [3.8, 4) is 11.5 Å². The van der Waals surface area contributed by atoms with Crippen LogP contribution in [0.25, 0.3) is 0 Å². The maximum Gasteiger partial charge on any atom is 0.260 e. The number of benzene rings is 1. The van der Waals surface area contributed by atoms with Gasteiger partial charge in [0.2, 0.25) is 0 Å². The van der Waals surface area contributed by atoms with Gasteiger partial charge in [0.1, 0.15) is 5.75 Å². The number of methoxy groups -OCH3 is 1. The number of hydrogen-bond donors (Lipinski definition) is 0. The Morgan fingerprint density at radius 3 is 2.64 bits per heavy atom. The summed E-state index contributed by atoms with van der Waals surface area (Å²) in [6.07, 6.45) is 5.75. The maximum atomic E-state index is 13.6. The van der Waals surface area contributed by atoms with Crippen molar-refractivity contribution in [1.29, 1.82) is 0 Å². The van der Waals surface area contributed by atoms with Crippen LogP contribution in [0.3, 0.4) is 0 Å². The van der Waals surface area contributed by atoms with Gasteiger partial charge in [-0.1, -0.05) is 19.3 Å². The Kier molecular flexibility index (Phi) is 6.04. The largest absolute Gasteiger partial charge is 0.494 e. The van der Waals surface area contributed by atoms with Gasteiger partial charge in [-0.3, -0.25) is 4.79 Å². The summed E-state index contributed by atoms with van der Waals surface area (Å²) < 4.78 is 23.9. The number of ether oxygens (including phenoxy) is 2. The van der Waals surface area contributed by atoms with E-state index in [2.05, 4.69) is 0 Å². The molecule has 0 aromatic heterocycles. The lowest BCUT2D eigenvalue weighted by atomic mass is 9.94. The van der Waals surface area contributed by atoms with Crippen LogP contribution in [0.5, 0.6) is 11.5 Å². The Hall–Kier alpha value is -1.78. The Balaban J connectivity index is 1.91. The third kappa shape index (κ3) is 4.12. The lowest BCUT2D eigenvalue weighted by molar-refractivity contribution is -0.136. The minimum atomic E-state index is -0.493. The molecule has 122 valence electrons. The molecule has 1 amide bonds. The number of halogens is 1. The predicted molar refractivity (Wildman–Crippen MR) is 82.7 cm³/mol. The third-order valence-electron chi connectivity index (χ3n) is 4.16. The van der Waals surface area contributed by atoms with Crippen molar-refractivity contribution in [3.63, 3.8) is 0 Å². The molecule has 0 spiro atoms. The molecule has 1 aromatic rings. The van der Waals surface area contributed by atoms with Gasteiger partial charge < -0.3 is 14.4 Å². The van der Waals surface area contributed by atoms with Crippen molar-refractivity contribution < 1.29 is 18.7 Å². The molecular formula is C17H24FNO3. The molecule has 1 aromatic carbocycles. The molecule has 0 heterocycles. The molecule has 4 nitrogen and oxygen atoms in total. The molecule has 0 aliphatic heterocycles. The van der Waals surface area contributed by atoms with Crippen molar-refractivity contribution in [1.82, 2.24) is 4.90 Å². The first-order valence-corrected chi connectivity index (χ1v) is 7.91. The van der Waals surface area contributed by atoms with Crippen LogP contribution in [0.15, 0.2) is 18.2 Å². The second-order valence-corrected chi connectivity index (χ2v) is 5.56. The summed E-state index contributed by atoms with van der Waals surface area (Å²) in [5.41, 5.74) is 0. The van der Waals surface area contributed by atoms with Gasteiger partial charge >= 0.3 is 0 Å². The minimum absolute atomic E-state index is 0.0365. The van der Waals surface area contributed by atoms with Gasteiger partial charge in [-0.2, -0.15) is 0 Å². The molecule has 1 saturated carbocycles. The molecular weight excluding hydrogens is 285 g/mol. The average molecular weight is 309 g/mol. The van der Waals surface area contributed by atoms with E-state index in [1.807, 2.05) is 11.8 Å². The van der Waals surface area contributed by atoms with Gasteiger partial charge in [-0.15, -0.1) is 0 Å². The number of carbonyl (C=O) groups excluding carboxylic acids is 1. The van der Waals surface area contributed by atoms with Crippen LogP contribution in [0, 0.1) is 5.82 Å². The van der Waals surface area contributed by atoms with Gasteiger partial charge in [-0.25, -0.2) is 4.39 Å². The molecule has 0 N–H and O–H groups in total. The van der Waals surface area contributed by atoms with E-state index in [0.29, 0.717) is 18.3 Å². The highest BCUT2D eigenvalue weighted by molar-refractivity contribution is 5.78. The van der Waals surface area contributed by atoms with E-state index in [1.54, 1.807) is 6.07 Å². The summed E-state index contributed by atoms with van der Waals surface area (Å²) in [5.74, 6) is -0.0277. The molecule has 0 radical (unpaired) electrons. The monoisotopic (exact) mass is 309 g/mol. The zero-order chi connectivity index (χ0) is 15.9. The quantitative estimate of drug-likeness (QED) is 0.808. The molecule has 0 atom stereocenters. The van der Waals surface area contributed by atoms with Gasteiger partial charge in [0.05, 0.1) is 7.11 Å². The normalized spacial score (nSPS) is 15.4. The van der Waals surface area contributed by atoms with Crippen LogP contribution in [-0.4, -0.2) is 37.1 Å². The second kappa shape index (κ2) is 8.01. The molecule has 0 unspecified atom stereocenters. The fourth-order valence-electron chi connectivity index (χ4n) is 3.00. The number of carbonyl (C=O) groups is 1. The predicted octanol–water partition coefficient (Wildman–Crippen LogP) is 3.39. The summed E-state index contributed by atoms with van der Waals surface area (Å²) >= 11 is 0. The van der Waals surface area contributed by atoms with Gasteiger partial charge in [0, 0.05) is 18.7 Å². The molecule has 1 aliphatic rings. The highest BCUT2D eigenvalue weighted by Crippen LogP contribution is 2.24. The number of rotatable bonds is 6. The Labute approximate surface area is 131 Å². The van der Waals surface area contributed by atoms with Crippen molar-refractivity contribution in [3.05, 3.63) is 24.0 Å². The Morgan fingerprint density at radius 2 is 2.05 bits per heavy atom. The first-order valence-electron chi connectivity index (χ1n) is 7.91. The van der Waals surface area contributed by atoms with Crippen LogP contribution in [0.1, 0.15) is 39.0 Å². The summed E-state index contributed by atoms with van der Waals surface area (Å²) in [5, 5.41) is 0. The van der Waals surface area contributed by atoms with Crippen LogP contribution < -0.4 is 9.47 Å². The van der Waals surface area contributed by atoms with Crippen LogP contribution >= 0.6 is 0 Å². The van der Waals surface area contributed by atoms with E-state index in [-0.39, 0.29) is 18.3 Å². The standard InChI is InChI=1S/C17H24FNO3/c1-3-19(13-7-5-4-6-8-13)17(20)12-22-14-9-10-16(21-2)15(18)11-14/h9-11,13H,3-8,12H2,1-2H3. The van der Waals surface area contributed by atoms with E-state index >= 15 is 0 Å². The molecule has 0 bridgehead atoms. The van der Waals surface area contributed by atoms with Gasteiger partial charge in [0.25, 0.3) is 5.91 Å². The first-order chi connectivity index (χ1) is 10.7. The van der Waals surface area contributed by atoms with Crippen molar-refractivity contribution in [2.24, 2.45) is 0 Å². The summed E-state index contributed by atoms with van der Waals surface area (Å²) in [7, 11) is 1.41. The minimum Gasteiger partial charge on any atom is -0.494 e. The number of hydrogen-bond acceptors (Lipinski definition) is 3. The van der Waals surface area contributed by atoms with Crippen molar-refractivity contribution >= 4 is 5.91 Å². The Morgan fingerprint density at radius 1 is 1.32 bits per heavy atom. The van der Waals surface area contributed by atoms with E-state index in [4.69, 9.17) is 9.47 Å². The number of nitrogens with zero attached hydrogens (tertiary/aromatic N) is 1. The summed E-state index contributed by atoms with van der Waals surface area (Å²) in [6.45, 7) is 2.61. The summed E-state index contributed by atoms with van der Waals surface area (Å²) in [4.78, 5) is 14.2. The second-order valence-electron chi connectivity index (χ2n) is 5.56. The average Bonchev–Trinajstić information content (AvgIpc) is 2.55. The van der Waals surface area contributed by atoms with Gasteiger partial charge in [-0.05, 0) is 31.9 Å². The smallest absolute Gasteiger partial charge is 0.260 e. The molecule has 22 heavy (non-hydrogen) atoms. The van der Waals surface area contributed by atoms with Crippen LogP contribution in [0.4, 0.5) is 4.39 Å². The molecule has 5 heteroatoms. The SMILES string of the molecule is CCN(C(=O)COc1ccc(OC)c(F)c1)C1CCCCC1. The molecule has 1 fully saturated rings. The topological polar surface area (TPSA) is 38.8 Å². The lowest BCUT2D eigenvalue weighted by Gasteiger charge is -2.33. The van der Waals surface area contributed by atoms with Gasteiger partial charge in [0.15, 0.2) is 18.2 Å².